The molecule has 38 heavy (non-hydrogen) atoms. The van der Waals surface area contributed by atoms with E-state index in [4.69, 9.17) is 25.1 Å². The molecule has 9 nitrogen and oxygen atoms in total. The third kappa shape index (κ3) is 6.54. The minimum Gasteiger partial charge on any atom is -0.493 e. The Labute approximate surface area is 218 Å². The number of pyridine rings is 1. The molecular weight excluding hydrogens is 493 g/mol. The Balaban J connectivity index is 1.45. The Bertz CT molecular complexity index is 1440. The van der Waals surface area contributed by atoms with Crippen molar-refractivity contribution in [2.45, 2.75) is 18.9 Å². The lowest BCUT2D eigenvalue weighted by atomic mass is 10.1. The number of nitrogens with zero attached hydrogens (tertiary/aromatic N) is 1. The highest BCUT2D eigenvalue weighted by Gasteiger charge is 2.15. The van der Waals surface area contributed by atoms with Crippen molar-refractivity contribution in [3.8, 4) is 23.0 Å². The number of amides is 1. The molecule has 1 atom stereocenters. The maximum absolute atomic E-state index is 13.8. The molecule has 0 spiro atoms. The second kappa shape index (κ2) is 12.0. The first-order valence-corrected chi connectivity index (χ1v) is 11.7. The topological polar surface area (TPSA) is 133 Å². The lowest BCUT2D eigenvalue weighted by Crippen LogP contribution is -2.31. The molecule has 0 radical (unpaired) electrons. The maximum atomic E-state index is 13.8. The number of carboxylic acids is 1. The van der Waals surface area contributed by atoms with Gasteiger partial charge in [-0.1, -0.05) is 24.3 Å². The molecule has 1 amide bonds. The second-order valence-electron chi connectivity index (χ2n) is 8.36. The Morgan fingerprint density at radius 1 is 1.05 bits per heavy atom. The number of carboxylic acid groups (broad SMARTS) is 1. The van der Waals surface area contributed by atoms with Crippen LogP contribution in [0.1, 0.15) is 12.0 Å². The van der Waals surface area contributed by atoms with E-state index >= 15 is 0 Å². The predicted octanol–water partition coefficient (Wildman–Crippen LogP) is 4.54. The maximum Gasteiger partial charge on any atom is 0.320 e. The second-order valence-corrected chi connectivity index (χ2v) is 8.36. The number of hydrogen-bond donors (Lipinski definition) is 3. The standard InChI is InChI=1S/C28H26FN3O6/c1-36-25-15-19-23(16-26(25)37-13-11-21(30)28(34)35)31-12-10-24(19)38-18-8-6-17(7-9-18)14-27(33)32-22-5-3-2-4-20(22)29/h2-10,12,15-16,21H,11,13-14,30H2,1H3,(H,32,33)(H,34,35)/t21-/m0/s1. The molecule has 0 aliphatic carbocycles. The zero-order valence-electron chi connectivity index (χ0n) is 20.5. The summed E-state index contributed by atoms with van der Waals surface area (Å²) in [4.78, 5) is 27.6. The molecule has 4 rings (SSSR count). The third-order valence-corrected chi connectivity index (χ3v) is 5.65. The number of benzene rings is 3. The van der Waals surface area contributed by atoms with Gasteiger partial charge in [-0.05, 0) is 42.0 Å². The molecule has 4 N–H and O–H groups in total. The Hall–Kier alpha value is -4.70. The van der Waals surface area contributed by atoms with Gasteiger partial charge in [0.25, 0.3) is 0 Å². The molecule has 0 saturated heterocycles. The number of nitrogens with one attached hydrogen (secondary N) is 1. The van der Waals surface area contributed by atoms with E-state index in [0.717, 1.165) is 5.56 Å². The molecule has 10 heteroatoms. The molecular formula is C28H26FN3O6. The lowest BCUT2D eigenvalue weighted by Gasteiger charge is -2.14. The average molecular weight is 520 g/mol. The third-order valence-electron chi connectivity index (χ3n) is 5.65. The van der Waals surface area contributed by atoms with Crippen LogP contribution in [0.4, 0.5) is 10.1 Å². The summed E-state index contributed by atoms with van der Waals surface area (Å²) in [6.45, 7) is 0.0934. The number of anilines is 1. The smallest absolute Gasteiger partial charge is 0.320 e. The van der Waals surface area contributed by atoms with Crippen LogP contribution < -0.4 is 25.3 Å². The molecule has 0 aliphatic rings. The summed E-state index contributed by atoms with van der Waals surface area (Å²) < 4.78 is 31.0. The molecule has 0 aliphatic heterocycles. The van der Waals surface area contributed by atoms with Crippen LogP contribution in [0.2, 0.25) is 0 Å². The fourth-order valence-electron chi connectivity index (χ4n) is 3.65. The molecule has 0 saturated carbocycles. The van der Waals surface area contributed by atoms with Gasteiger partial charge in [0.15, 0.2) is 11.5 Å². The summed E-state index contributed by atoms with van der Waals surface area (Å²) in [5, 5.41) is 12.2. The number of halogens is 1. The van der Waals surface area contributed by atoms with Crippen LogP contribution in [-0.4, -0.2) is 41.7 Å². The predicted molar refractivity (Wildman–Crippen MR) is 139 cm³/mol. The highest BCUT2D eigenvalue weighted by molar-refractivity contribution is 5.92. The summed E-state index contributed by atoms with van der Waals surface area (Å²) in [7, 11) is 1.50. The van der Waals surface area contributed by atoms with E-state index in [1.165, 1.54) is 19.2 Å². The number of rotatable bonds is 11. The number of carbonyl (C=O) groups excluding carboxylic acids is 1. The SMILES string of the molecule is COc1cc2c(Oc3ccc(CC(=O)Nc4ccccc4F)cc3)ccnc2cc1OCC[C@H](N)C(=O)O. The first-order valence-electron chi connectivity index (χ1n) is 11.7. The number of ether oxygens (including phenoxy) is 3. The highest BCUT2D eigenvalue weighted by Crippen LogP contribution is 2.37. The van der Waals surface area contributed by atoms with E-state index < -0.39 is 17.8 Å². The number of methoxy groups -OCH3 is 1. The van der Waals surface area contributed by atoms with E-state index in [1.54, 1.807) is 60.8 Å². The van der Waals surface area contributed by atoms with Crippen molar-refractivity contribution in [1.29, 1.82) is 0 Å². The molecule has 1 aromatic heterocycles. The summed E-state index contributed by atoms with van der Waals surface area (Å²) >= 11 is 0. The van der Waals surface area contributed by atoms with Crippen molar-refractivity contribution in [1.82, 2.24) is 4.98 Å². The van der Waals surface area contributed by atoms with Crippen molar-refractivity contribution < 1.29 is 33.3 Å². The van der Waals surface area contributed by atoms with Crippen molar-refractivity contribution in [3.63, 3.8) is 0 Å². The van der Waals surface area contributed by atoms with Gasteiger partial charge in [0.2, 0.25) is 5.91 Å². The van der Waals surface area contributed by atoms with Crippen LogP contribution in [0.25, 0.3) is 10.9 Å². The van der Waals surface area contributed by atoms with Gasteiger partial charge in [0.1, 0.15) is 23.4 Å². The zero-order chi connectivity index (χ0) is 27.1. The monoisotopic (exact) mass is 519 g/mol. The van der Waals surface area contributed by atoms with E-state index in [0.29, 0.717) is 33.9 Å². The van der Waals surface area contributed by atoms with Crippen LogP contribution in [0.5, 0.6) is 23.0 Å². The average Bonchev–Trinajstić information content (AvgIpc) is 2.90. The molecule has 0 unspecified atom stereocenters. The summed E-state index contributed by atoms with van der Waals surface area (Å²) in [6, 6.07) is 17.1. The fourth-order valence-corrected chi connectivity index (χ4v) is 3.65. The van der Waals surface area contributed by atoms with Gasteiger partial charge in [-0.25, -0.2) is 4.39 Å². The Morgan fingerprint density at radius 2 is 1.82 bits per heavy atom. The minimum atomic E-state index is -1.10. The number of nitrogens with two attached hydrogens (primary N) is 1. The van der Waals surface area contributed by atoms with Crippen LogP contribution in [0.15, 0.2) is 72.9 Å². The summed E-state index contributed by atoms with van der Waals surface area (Å²) in [5.74, 6) is -0.0292. The van der Waals surface area contributed by atoms with Gasteiger partial charge >= 0.3 is 5.97 Å². The fraction of sp³-hybridized carbons (Fsp3) is 0.179. The summed E-state index contributed by atoms with van der Waals surface area (Å²) in [6.07, 6.45) is 1.80. The number of carbonyl (C=O) groups is 2. The molecule has 0 fully saturated rings. The van der Waals surface area contributed by atoms with Crippen LogP contribution >= 0.6 is 0 Å². The first kappa shape index (κ1) is 26.4. The van der Waals surface area contributed by atoms with Gasteiger partial charge in [0.05, 0.1) is 31.3 Å². The van der Waals surface area contributed by atoms with Crippen LogP contribution in [0.3, 0.4) is 0 Å². The van der Waals surface area contributed by atoms with Gasteiger partial charge in [-0.15, -0.1) is 0 Å². The first-order chi connectivity index (χ1) is 18.3. The van der Waals surface area contributed by atoms with Crippen molar-refractivity contribution >= 4 is 28.5 Å². The van der Waals surface area contributed by atoms with Gasteiger partial charge < -0.3 is 30.4 Å². The van der Waals surface area contributed by atoms with E-state index in [9.17, 15) is 14.0 Å². The molecule has 1 heterocycles. The number of para-hydroxylation sites is 1. The zero-order valence-corrected chi connectivity index (χ0v) is 20.5. The van der Waals surface area contributed by atoms with Gasteiger partial charge in [-0.3, -0.25) is 14.6 Å². The molecule has 196 valence electrons. The Morgan fingerprint density at radius 3 is 2.53 bits per heavy atom. The quantitative estimate of drug-likeness (QED) is 0.263. The summed E-state index contributed by atoms with van der Waals surface area (Å²) in [5.41, 5.74) is 6.98. The highest BCUT2D eigenvalue weighted by atomic mass is 19.1. The largest absolute Gasteiger partial charge is 0.493 e. The van der Waals surface area contributed by atoms with Crippen LogP contribution in [0, 0.1) is 5.82 Å². The van der Waals surface area contributed by atoms with Gasteiger partial charge in [-0.2, -0.15) is 0 Å². The molecule has 0 bridgehead atoms. The number of aliphatic carboxylic acids is 1. The van der Waals surface area contributed by atoms with E-state index in [2.05, 4.69) is 10.3 Å². The number of aromatic nitrogens is 1. The van der Waals surface area contributed by atoms with Gasteiger partial charge in [0, 0.05) is 24.1 Å². The normalized spacial score (nSPS) is 11.6. The van der Waals surface area contributed by atoms with Crippen molar-refractivity contribution in [3.05, 3.63) is 84.3 Å². The van der Waals surface area contributed by atoms with E-state index in [-0.39, 0.29) is 31.0 Å². The molecule has 3 aromatic carbocycles. The lowest BCUT2D eigenvalue weighted by molar-refractivity contribution is -0.138. The van der Waals surface area contributed by atoms with Crippen LogP contribution in [-0.2, 0) is 16.0 Å². The number of hydrogen-bond acceptors (Lipinski definition) is 7. The van der Waals surface area contributed by atoms with E-state index in [1.807, 2.05) is 0 Å². The van der Waals surface area contributed by atoms with Crippen molar-refractivity contribution in [2.24, 2.45) is 5.73 Å². The minimum absolute atomic E-state index is 0.0736. The molecule has 4 aromatic rings. The number of fused-ring (bicyclic) bond motifs is 1. The van der Waals surface area contributed by atoms with Crippen molar-refractivity contribution in [2.75, 3.05) is 19.0 Å². The Kier molecular flexibility index (Phi) is 8.34.